The zero-order valence-corrected chi connectivity index (χ0v) is 10.7. The van der Waals surface area contributed by atoms with Gasteiger partial charge < -0.3 is 10.3 Å². The van der Waals surface area contributed by atoms with Crippen molar-refractivity contribution in [3.63, 3.8) is 0 Å². The van der Waals surface area contributed by atoms with E-state index in [2.05, 4.69) is 19.9 Å². The first-order valence-corrected chi connectivity index (χ1v) is 6.24. The van der Waals surface area contributed by atoms with Crippen molar-refractivity contribution in [2.75, 3.05) is 0 Å². The molecule has 1 saturated carbocycles. The molecule has 0 bridgehead atoms. The Hall–Kier alpha value is -1.69. The van der Waals surface area contributed by atoms with E-state index in [0.717, 1.165) is 5.69 Å². The molecular formula is C12H18N6. The van der Waals surface area contributed by atoms with Gasteiger partial charge in [-0.05, 0) is 26.7 Å². The van der Waals surface area contributed by atoms with Crippen molar-refractivity contribution in [3.05, 3.63) is 30.1 Å². The first kappa shape index (κ1) is 11.4. The Morgan fingerprint density at radius 3 is 2.83 bits per heavy atom. The van der Waals surface area contributed by atoms with Crippen LogP contribution in [0.3, 0.4) is 0 Å². The molecule has 2 aromatic heterocycles. The second-order valence-electron chi connectivity index (χ2n) is 5.55. The van der Waals surface area contributed by atoms with E-state index in [-0.39, 0.29) is 0 Å². The maximum Gasteiger partial charge on any atom is 0.102 e. The SMILES string of the molecule is CC(C)(N)c1cn(Cc2cncn2C2CC2)nn1. The summed E-state index contributed by atoms with van der Waals surface area (Å²) in [4.78, 5) is 4.21. The molecule has 0 radical (unpaired) electrons. The molecular weight excluding hydrogens is 228 g/mol. The molecule has 0 spiro atoms. The number of nitrogens with two attached hydrogens (primary N) is 1. The van der Waals surface area contributed by atoms with Gasteiger partial charge in [-0.2, -0.15) is 0 Å². The van der Waals surface area contributed by atoms with E-state index < -0.39 is 5.54 Å². The van der Waals surface area contributed by atoms with Gasteiger partial charge in [-0.25, -0.2) is 9.67 Å². The number of hydrogen-bond donors (Lipinski definition) is 1. The van der Waals surface area contributed by atoms with Gasteiger partial charge in [0.05, 0.1) is 36.5 Å². The Labute approximate surface area is 106 Å². The maximum absolute atomic E-state index is 6.00. The monoisotopic (exact) mass is 246 g/mol. The smallest absolute Gasteiger partial charge is 0.102 e. The summed E-state index contributed by atoms with van der Waals surface area (Å²) in [7, 11) is 0. The normalized spacial score (nSPS) is 16.2. The van der Waals surface area contributed by atoms with E-state index in [0.29, 0.717) is 12.6 Å². The summed E-state index contributed by atoms with van der Waals surface area (Å²) in [5.41, 5.74) is 7.52. The van der Waals surface area contributed by atoms with Gasteiger partial charge in [0, 0.05) is 6.04 Å². The summed E-state index contributed by atoms with van der Waals surface area (Å²) in [5.74, 6) is 0. The molecule has 6 heteroatoms. The van der Waals surface area contributed by atoms with Crippen LogP contribution in [0.4, 0.5) is 0 Å². The summed E-state index contributed by atoms with van der Waals surface area (Å²) in [6, 6.07) is 0.636. The van der Waals surface area contributed by atoms with Crippen LogP contribution in [0.5, 0.6) is 0 Å². The van der Waals surface area contributed by atoms with Crippen LogP contribution in [0, 0.1) is 0 Å². The molecule has 6 nitrogen and oxygen atoms in total. The van der Waals surface area contributed by atoms with Crippen LogP contribution in [0.25, 0.3) is 0 Å². The molecule has 0 amide bonds. The number of nitrogens with zero attached hydrogens (tertiary/aromatic N) is 5. The van der Waals surface area contributed by atoms with Crippen LogP contribution < -0.4 is 5.73 Å². The lowest BCUT2D eigenvalue weighted by Crippen LogP contribution is -2.29. The third-order valence-corrected chi connectivity index (χ3v) is 3.21. The van der Waals surface area contributed by atoms with Crippen LogP contribution in [-0.4, -0.2) is 24.5 Å². The quantitative estimate of drug-likeness (QED) is 0.875. The second-order valence-corrected chi connectivity index (χ2v) is 5.55. The average Bonchev–Trinajstić information content (AvgIpc) is 2.85. The third kappa shape index (κ3) is 2.15. The molecule has 18 heavy (non-hydrogen) atoms. The highest BCUT2D eigenvalue weighted by Gasteiger charge is 2.25. The molecule has 0 aromatic carbocycles. The summed E-state index contributed by atoms with van der Waals surface area (Å²) < 4.78 is 4.05. The predicted molar refractivity (Wildman–Crippen MR) is 66.8 cm³/mol. The molecule has 1 aliphatic carbocycles. The molecule has 0 aliphatic heterocycles. The van der Waals surface area contributed by atoms with Crippen molar-refractivity contribution in [2.45, 2.75) is 44.8 Å². The van der Waals surface area contributed by atoms with Crippen molar-refractivity contribution in [1.82, 2.24) is 24.5 Å². The number of aromatic nitrogens is 5. The Morgan fingerprint density at radius 1 is 1.44 bits per heavy atom. The van der Waals surface area contributed by atoms with Gasteiger partial charge in [-0.1, -0.05) is 5.21 Å². The molecule has 3 rings (SSSR count). The molecule has 0 unspecified atom stereocenters. The van der Waals surface area contributed by atoms with Crippen LogP contribution >= 0.6 is 0 Å². The third-order valence-electron chi connectivity index (χ3n) is 3.21. The van der Waals surface area contributed by atoms with Gasteiger partial charge in [-0.3, -0.25) is 0 Å². The Kier molecular flexibility index (Phi) is 2.48. The second kappa shape index (κ2) is 3.91. The first-order chi connectivity index (χ1) is 8.54. The van der Waals surface area contributed by atoms with Crippen molar-refractivity contribution in [1.29, 1.82) is 0 Å². The topological polar surface area (TPSA) is 74.6 Å². The zero-order valence-electron chi connectivity index (χ0n) is 10.7. The number of hydrogen-bond acceptors (Lipinski definition) is 4. The zero-order chi connectivity index (χ0) is 12.8. The fourth-order valence-electron chi connectivity index (χ4n) is 1.97. The van der Waals surface area contributed by atoms with Crippen LogP contribution in [0.15, 0.2) is 18.7 Å². The summed E-state index contributed by atoms with van der Waals surface area (Å²) in [5, 5.41) is 8.24. The Balaban J connectivity index is 1.80. The highest BCUT2D eigenvalue weighted by atomic mass is 15.4. The molecule has 2 heterocycles. The molecule has 0 saturated heterocycles. The molecule has 1 aliphatic rings. The van der Waals surface area contributed by atoms with E-state index in [1.54, 1.807) is 0 Å². The fourth-order valence-corrected chi connectivity index (χ4v) is 1.97. The summed E-state index contributed by atoms with van der Waals surface area (Å²) in [6.45, 7) is 4.55. The maximum atomic E-state index is 6.00. The van der Waals surface area contributed by atoms with E-state index in [1.807, 2.05) is 37.3 Å². The van der Waals surface area contributed by atoms with Gasteiger partial charge in [0.2, 0.25) is 0 Å². The minimum atomic E-state index is -0.449. The average molecular weight is 246 g/mol. The van der Waals surface area contributed by atoms with Gasteiger partial charge in [-0.15, -0.1) is 5.10 Å². The molecule has 1 fully saturated rings. The minimum absolute atomic E-state index is 0.449. The van der Waals surface area contributed by atoms with E-state index >= 15 is 0 Å². The van der Waals surface area contributed by atoms with E-state index in [4.69, 9.17) is 5.73 Å². The first-order valence-electron chi connectivity index (χ1n) is 6.24. The Morgan fingerprint density at radius 2 is 2.22 bits per heavy atom. The van der Waals surface area contributed by atoms with Gasteiger partial charge >= 0.3 is 0 Å². The highest BCUT2D eigenvalue weighted by molar-refractivity contribution is 5.08. The minimum Gasteiger partial charge on any atom is -0.330 e. The summed E-state index contributed by atoms with van der Waals surface area (Å²) >= 11 is 0. The largest absolute Gasteiger partial charge is 0.330 e. The van der Waals surface area contributed by atoms with Gasteiger partial charge in [0.15, 0.2) is 0 Å². The van der Waals surface area contributed by atoms with Crippen molar-refractivity contribution in [3.8, 4) is 0 Å². The van der Waals surface area contributed by atoms with Gasteiger partial charge in [0.25, 0.3) is 0 Å². The molecule has 2 aromatic rings. The van der Waals surface area contributed by atoms with Crippen molar-refractivity contribution < 1.29 is 0 Å². The summed E-state index contributed by atoms with van der Waals surface area (Å²) in [6.07, 6.45) is 8.21. The molecule has 0 atom stereocenters. The molecule has 96 valence electrons. The Bertz CT molecular complexity index is 543. The van der Waals surface area contributed by atoms with Crippen molar-refractivity contribution in [2.24, 2.45) is 5.73 Å². The lowest BCUT2D eigenvalue weighted by Gasteiger charge is -2.13. The number of imidazole rings is 1. The van der Waals surface area contributed by atoms with Crippen molar-refractivity contribution >= 4 is 0 Å². The molecule has 2 N–H and O–H groups in total. The van der Waals surface area contributed by atoms with Crippen LogP contribution in [0.1, 0.15) is 44.1 Å². The fraction of sp³-hybridized carbons (Fsp3) is 0.583. The van der Waals surface area contributed by atoms with Crippen LogP contribution in [0.2, 0.25) is 0 Å². The number of rotatable bonds is 4. The lowest BCUT2D eigenvalue weighted by molar-refractivity contribution is 0.533. The van der Waals surface area contributed by atoms with Crippen LogP contribution in [-0.2, 0) is 12.1 Å². The standard InChI is InChI=1S/C12H18N6/c1-12(2,13)11-7-17(16-15-11)6-10-5-14-8-18(10)9-3-4-9/h5,7-9H,3-4,6,13H2,1-2H3. The predicted octanol–water partition coefficient (Wildman–Crippen LogP) is 1.05. The van der Waals surface area contributed by atoms with E-state index in [9.17, 15) is 0 Å². The van der Waals surface area contributed by atoms with E-state index in [1.165, 1.54) is 18.5 Å². The highest BCUT2D eigenvalue weighted by Crippen LogP contribution is 2.35. The lowest BCUT2D eigenvalue weighted by atomic mass is 10.0. The van der Waals surface area contributed by atoms with Gasteiger partial charge in [0.1, 0.15) is 5.69 Å².